The molecule has 0 rings (SSSR count). The second-order valence-corrected chi connectivity index (χ2v) is 9.44. The monoisotopic (exact) mass is 504 g/mol. The topological polar surface area (TPSA) is 55.8 Å². The fourth-order valence-corrected chi connectivity index (χ4v) is 3.73. The maximum atomic E-state index is 12.0. The number of aliphatic hydroxyl groups excluding tert-OH is 1. The van der Waals surface area contributed by atoms with E-state index in [1.165, 1.54) is 51.4 Å². The van der Waals surface area contributed by atoms with E-state index in [1.54, 1.807) is 0 Å². The standard InChI is InChI=1S/C32H56O4/c1-3-5-7-9-11-13-14-15-16-17-18-19-21-23-25-27-32(34)36-31(29-33)30-35-28-26-24-22-20-12-10-8-6-4-2/h5,7,11,13,15-16,18-19,31,33H,3-4,6,8-10,12,14,17,20-30H2,1-2H3/b7-5-,13-11-,16-15-,19-18-. The molecule has 0 aromatic carbocycles. The molecule has 0 aliphatic carbocycles. The summed E-state index contributed by atoms with van der Waals surface area (Å²) in [5.74, 6) is -0.245. The molecule has 0 spiro atoms. The highest BCUT2D eigenvalue weighted by Gasteiger charge is 2.13. The zero-order valence-electron chi connectivity index (χ0n) is 23.5. The van der Waals surface area contributed by atoms with E-state index in [9.17, 15) is 9.90 Å². The molecule has 0 aliphatic rings. The molecule has 0 aromatic heterocycles. The van der Waals surface area contributed by atoms with Crippen LogP contribution in [0.15, 0.2) is 48.6 Å². The van der Waals surface area contributed by atoms with Gasteiger partial charge in [0.15, 0.2) is 0 Å². The van der Waals surface area contributed by atoms with Crippen LogP contribution in [-0.4, -0.2) is 37.0 Å². The molecule has 0 aliphatic heterocycles. The molecular formula is C32H56O4. The predicted octanol–water partition coefficient (Wildman–Crippen LogP) is 8.80. The van der Waals surface area contributed by atoms with Crippen LogP contribution in [0.5, 0.6) is 0 Å². The first-order valence-electron chi connectivity index (χ1n) is 14.7. The highest BCUT2D eigenvalue weighted by atomic mass is 16.6. The summed E-state index contributed by atoms with van der Waals surface area (Å²) in [6.45, 7) is 5.15. The zero-order valence-corrected chi connectivity index (χ0v) is 23.5. The van der Waals surface area contributed by atoms with Gasteiger partial charge in [0.1, 0.15) is 6.10 Å². The van der Waals surface area contributed by atoms with E-state index < -0.39 is 6.10 Å². The molecule has 0 saturated carbocycles. The van der Waals surface area contributed by atoms with Crippen molar-refractivity contribution in [2.75, 3.05) is 19.8 Å². The van der Waals surface area contributed by atoms with E-state index in [-0.39, 0.29) is 19.2 Å². The average molecular weight is 505 g/mol. The third kappa shape index (κ3) is 26.9. The van der Waals surface area contributed by atoms with Crippen molar-refractivity contribution in [1.29, 1.82) is 0 Å². The van der Waals surface area contributed by atoms with E-state index in [4.69, 9.17) is 9.47 Å². The zero-order chi connectivity index (χ0) is 26.4. The van der Waals surface area contributed by atoms with Crippen molar-refractivity contribution >= 4 is 5.97 Å². The minimum Gasteiger partial charge on any atom is -0.457 e. The first-order valence-corrected chi connectivity index (χ1v) is 14.7. The van der Waals surface area contributed by atoms with Gasteiger partial charge in [-0.1, -0.05) is 114 Å². The molecule has 0 fully saturated rings. The molecule has 0 saturated heterocycles. The van der Waals surface area contributed by atoms with Crippen LogP contribution in [0.25, 0.3) is 0 Å². The number of unbranched alkanes of at least 4 members (excludes halogenated alkanes) is 10. The lowest BCUT2D eigenvalue weighted by Crippen LogP contribution is -2.27. The maximum absolute atomic E-state index is 12.0. The number of ether oxygens (including phenoxy) is 2. The Hall–Kier alpha value is -1.65. The molecule has 0 radical (unpaired) electrons. The van der Waals surface area contributed by atoms with Crippen molar-refractivity contribution in [2.45, 2.75) is 129 Å². The number of allylic oxidation sites excluding steroid dienone is 8. The van der Waals surface area contributed by atoms with Gasteiger partial charge in [0.05, 0.1) is 13.2 Å². The Morgan fingerprint density at radius 2 is 1.25 bits per heavy atom. The van der Waals surface area contributed by atoms with Gasteiger partial charge in [-0.05, 0) is 51.4 Å². The number of hydrogen-bond acceptors (Lipinski definition) is 4. The van der Waals surface area contributed by atoms with E-state index in [1.807, 2.05) is 0 Å². The first-order chi connectivity index (χ1) is 17.7. The first kappa shape index (κ1) is 34.4. The van der Waals surface area contributed by atoms with Gasteiger partial charge < -0.3 is 14.6 Å². The normalized spacial score (nSPS) is 13.1. The van der Waals surface area contributed by atoms with Crippen molar-refractivity contribution in [1.82, 2.24) is 0 Å². The molecule has 0 aromatic rings. The summed E-state index contributed by atoms with van der Waals surface area (Å²) in [6, 6.07) is 0. The average Bonchev–Trinajstić information content (AvgIpc) is 2.88. The Morgan fingerprint density at radius 1 is 0.694 bits per heavy atom. The van der Waals surface area contributed by atoms with E-state index in [0.29, 0.717) is 13.0 Å². The summed E-state index contributed by atoms with van der Waals surface area (Å²) in [5.41, 5.74) is 0. The second kappa shape index (κ2) is 29.6. The summed E-state index contributed by atoms with van der Waals surface area (Å²) in [4.78, 5) is 12.0. The van der Waals surface area contributed by atoms with Crippen LogP contribution in [0.2, 0.25) is 0 Å². The lowest BCUT2D eigenvalue weighted by atomic mass is 10.1. The van der Waals surface area contributed by atoms with Crippen LogP contribution in [0.3, 0.4) is 0 Å². The lowest BCUT2D eigenvalue weighted by Gasteiger charge is -2.15. The summed E-state index contributed by atoms with van der Waals surface area (Å²) >= 11 is 0. The third-order valence-corrected chi connectivity index (χ3v) is 5.92. The van der Waals surface area contributed by atoms with Gasteiger partial charge in [0.25, 0.3) is 0 Å². The van der Waals surface area contributed by atoms with Gasteiger partial charge >= 0.3 is 5.97 Å². The van der Waals surface area contributed by atoms with Crippen LogP contribution >= 0.6 is 0 Å². The molecule has 0 amide bonds. The summed E-state index contributed by atoms with van der Waals surface area (Å²) in [5, 5.41) is 9.46. The van der Waals surface area contributed by atoms with Gasteiger partial charge in [-0.3, -0.25) is 4.79 Å². The van der Waals surface area contributed by atoms with Crippen LogP contribution in [0, 0.1) is 0 Å². The van der Waals surface area contributed by atoms with Crippen molar-refractivity contribution in [3.05, 3.63) is 48.6 Å². The molecule has 4 nitrogen and oxygen atoms in total. The van der Waals surface area contributed by atoms with E-state index in [0.717, 1.165) is 51.4 Å². The van der Waals surface area contributed by atoms with Gasteiger partial charge in [-0.2, -0.15) is 0 Å². The molecule has 4 heteroatoms. The Balaban J connectivity index is 3.60. The quantitative estimate of drug-likeness (QED) is 0.0726. The Kier molecular flexibility index (Phi) is 28.2. The number of aliphatic hydroxyl groups is 1. The molecule has 1 unspecified atom stereocenters. The van der Waals surface area contributed by atoms with Crippen molar-refractivity contribution < 1.29 is 19.4 Å². The van der Waals surface area contributed by atoms with Gasteiger partial charge in [-0.15, -0.1) is 0 Å². The van der Waals surface area contributed by atoms with Crippen molar-refractivity contribution in [3.8, 4) is 0 Å². The Morgan fingerprint density at radius 3 is 1.83 bits per heavy atom. The number of hydrogen-bond donors (Lipinski definition) is 1. The van der Waals surface area contributed by atoms with Crippen LogP contribution < -0.4 is 0 Å². The highest BCUT2D eigenvalue weighted by Crippen LogP contribution is 2.10. The van der Waals surface area contributed by atoms with E-state index >= 15 is 0 Å². The number of rotatable bonds is 26. The predicted molar refractivity (Wildman–Crippen MR) is 154 cm³/mol. The van der Waals surface area contributed by atoms with Crippen LogP contribution in [0.1, 0.15) is 123 Å². The number of carbonyl (C=O) groups is 1. The van der Waals surface area contributed by atoms with E-state index in [2.05, 4.69) is 62.5 Å². The SMILES string of the molecule is CC/C=C\C/C=C\C/C=C\C/C=C\CCCCC(=O)OC(CO)COCCCCCCCCCCC. The third-order valence-electron chi connectivity index (χ3n) is 5.92. The summed E-state index contributed by atoms with van der Waals surface area (Å²) < 4.78 is 11.0. The second-order valence-electron chi connectivity index (χ2n) is 9.44. The Labute approximate surface area is 222 Å². The van der Waals surface area contributed by atoms with Gasteiger partial charge in [0.2, 0.25) is 0 Å². The number of esters is 1. The molecule has 1 N–H and O–H groups in total. The molecule has 36 heavy (non-hydrogen) atoms. The fraction of sp³-hybridized carbons (Fsp3) is 0.719. The molecule has 208 valence electrons. The summed E-state index contributed by atoms with van der Waals surface area (Å²) in [7, 11) is 0. The van der Waals surface area contributed by atoms with Crippen molar-refractivity contribution in [3.63, 3.8) is 0 Å². The summed E-state index contributed by atoms with van der Waals surface area (Å²) in [6.07, 6.45) is 35.6. The minimum atomic E-state index is -0.551. The van der Waals surface area contributed by atoms with Gasteiger partial charge in [0, 0.05) is 13.0 Å². The smallest absolute Gasteiger partial charge is 0.306 e. The van der Waals surface area contributed by atoms with Crippen LogP contribution in [0.4, 0.5) is 0 Å². The van der Waals surface area contributed by atoms with Gasteiger partial charge in [-0.25, -0.2) is 0 Å². The number of carbonyl (C=O) groups excluding carboxylic acids is 1. The molecule has 0 heterocycles. The maximum Gasteiger partial charge on any atom is 0.306 e. The lowest BCUT2D eigenvalue weighted by molar-refractivity contribution is -0.154. The van der Waals surface area contributed by atoms with Crippen molar-refractivity contribution in [2.24, 2.45) is 0 Å². The fourth-order valence-electron chi connectivity index (χ4n) is 3.73. The van der Waals surface area contributed by atoms with Crippen LogP contribution in [-0.2, 0) is 14.3 Å². The molecular weight excluding hydrogens is 448 g/mol. The molecule has 0 bridgehead atoms. The highest BCUT2D eigenvalue weighted by molar-refractivity contribution is 5.69. The Bertz CT molecular complexity index is 577. The largest absolute Gasteiger partial charge is 0.457 e. The minimum absolute atomic E-state index is 0.189. The molecule has 1 atom stereocenters.